The van der Waals surface area contributed by atoms with Crippen molar-refractivity contribution in [3.8, 4) is 0 Å². The number of hydrogen-bond acceptors (Lipinski definition) is 3. The zero-order valence-corrected chi connectivity index (χ0v) is 16.2. The number of anilines is 1. The van der Waals surface area contributed by atoms with E-state index in [0.29, 0.717) is 32.0 Å². The van der Waals surface area contributed by atoms with E-state index < -0.39 is 11.7 Å². The van der Waals surface area contributed by atoms with Crippen LogP contribution in [0.3, 0.4) is 0 Å². The second-order valence-corrected chi connectivity index (χ2v) is 8.28. The average molecular weight is 381 g/mol. The van der Waals surface area contributed by atoms with Crippen molar-refractivity contribution in [3.63, 3.8) is 0 Å². The van der Waals surface area contributed by atoms with E-state index in [4.69, 9.17) is 0 Å². The normalized spacial score (nSPS) is 24.6. The highest BCUT2D eigenvalue weighted by atomic mass is 19.4. The van der Waals surface area contributed by atoms with E-state index >= 15 is 0 Å². The minimum Gasteiger partial charge on any atom is -0.353 e. The molecule has 1 aliphatic carbocycles. The van der Waals surface area contributed by atoms with Gasteiger partial charge >= 0.3 is 6.18 Å². The molecule has 1 saturated heterocycles. The molecule has 2 unspecified atom stereocenters. The zero-order valence-electron chi connectivity index (χ0n) is 16.2. The Labute approximate surface area is 158 Å². The zero-order chi connectivity index (χ0) is 20.0. The van der Waals surface area contributed by atoms with Crippen LogP contribution >= 0.6 is 0 Å². The lowest BCUT2D eigenvalue weighted by atomic mass is 10.1. The first-order chi connectivity index (χ1) is 12.5. The summed E-state index contributed by atoms with van der Waals surface area (Å²) in [6.45, 7) is 10.6. The summed E-state index contributed by atoms with van der Waals surface area (Å²) in [5, 5.41) is 0. The number of allylic oxidation sites excluding steroid dienone is 2. The molecule has 0 bridgehead atoms. The molecular formula is C20H26F3N3O. The lowest BCUT2D eigenvalue weighted by Gasteiger charge is -2.36. The SMILES string of the molecule is CC(C)=CC1C(C(=O)N2CCN(c3ccc(C(F)(F)F)cn3)CC2)C1(C)C. The van der Waals surface area contributed by atoms with Crippen molar-refractivity contribution >= 4 is 11.7 Å². The van der Waals surface area contributed by atoms with Crippen LogP contribution in [0.25, 0.3) is 0 Å². The summed E-state index contributed by atoms with van der Waals surface area (Å²) in [6, 6.07) is 2.45. The molecule has 27 heavy (non-hydrogen) atoms. The Balaban J connectivity index is 1.59. The molecule has 2 heterocycles. The van der Waals surface area contributed by atoms with Gasteiger partial charge in [0.1, 0.15) is 5.82 Å². The molecule has 2 atom stereocenters. The lowest BCUT2D eigenvalue weighted by Crippen LogP contribution is -2.49. The Bertz CT molecular complexity index is 728. The number of amides is 1. The molecular weight excluding hydrogens is 355 g/mol. The maximum Gasteiger partial charge on any atom is 0.417 e. The Morgan fingerprint density at radius 2 is 1.81 bits per heavy atom. The number of aromatic nitrogens is 1. The fourth-order valence-corrected chi connectivity index (χ4v) is 3.91. The fraction of sp³-hybridized carbons (Fsp3) is 0.600. The Kier molecular flexibility index (Phi) is 4.99. The van der Waals surface area contributed by atoms with Crippen molar-refractivity contribution < 1.29 is 18.0 Å². The van der Waals surface area contributed by atoms with E-state index in [0.717, 1.165) is 12.3 Å². The molecule has 4 nitrogen and oxygen atoms in total. The van der Waals surface area contributed by atoms with Gasteiger partial charge in [-0.1, -0.05) is 25.5 Å². The van der Waals surface area contributed by atoms with Crippen molar-refractivity contribution in [2.45, 2.75) is 33.9 Å². The molecule has 0 aromatic carbocycles. The molecule has 148 valence electrons. The van der Waals surface area contributed by atoms with Gasteiger partial charge in [0, 0.05) is 32.4 Å². The highest BCUT2D eigenvalue weighted by Gasteiger charge is 2.61. The first kappa shape index (κ1) is 19.7. The van der Waals surface area contributed by atoms with Crippen LogP contribution in [0.15, 0.2) is 30.0 Å². The van der Waals surface area contributed by atoms with Gasteiger partial charge in [0.25, 0.3) is 0 Å². The molecule has 1 amide bonds. The number of nitrogens with zero attached hydrogens (tertiary/aromatic N) is 3. The fourth-order valence-electron chi connectivity index (χ4n) is 3.91. The second kappa shape index (κ2) is 6.84. The summed E-state index contributed by atoms with van der Waals surface area (Å²) < 4.78 is 38.0. The van der Waals surface area contributed by atoms with Gasteiger partial charge in [0.05, 0.1) is 11.5 Å². The summed E-state index contributed by atoms with van der Waals surface area (Å²) >= 11 is 0. The number of carbonyl (C=O) groups is 1. The maximum atomic E-state index is 12.9. The molecule has 7 heteroatoms. The number of carbonyl (C=O) groups excluding carboxylic acids is 1. The second-order valence-electron chi connectivity index (χ2n) is 8.28. The summed E-state index contributed by atoms with van der Waals surface area (Å²) in [6.07, 6.45) is -1.33. The van der Waals surface area contributed by atoms with E-state index in [1.807, 2.05) is 23.6 Å². The van der Waals surface area contributed by atoms with Gasteiger partial charge in [-0.25, -0.2) is 4.98 Å². The van der Waals surface area contributed by atoms with Crippen molar-refractivity contribution in [1.29, 1.82) is 0 Å². The third kappa shape index (κ3) is 3.96. The smallest absolute Gasteiger partial charge is 0.353 e. The summed E-state index contributed by atoms with van der Waals surface area (Å²) in [4.78, 5) is 20.7. The minimum absolute atomic E-state index is 0.0134. The summed E-state index contributed by atoms with van der Waals surface area (Å²) in [5.41, 5.74) is 0.461. The van der Waals surface area contributed by atoms with Crippen LogP contribution in [0.2, 0.25) is 0 Å². The Hall–Kier alpha value is -2.05. The number of halogens is 3. The first-order valence-electron chi connectivity index (χ1n) is 9.24. The van der Waals surface area contributed by atoms with E-state index in [-0.39, 0.29) is 23.2 Å². The highest BCUT2D eigenvalue weighted by molar-refractivity contribution is 5.84. The van der Waals surface area contributed by atoms with Gasteiger partial charge in [0.2, 0.25) is 5.91 Å². The van der Waals surface area contributed by atoms with Crippen LogP contribution in [0, 0.1) is 17.3 Å². The van der Waals surface area contributed by atoms with Gasteiger partial charge in [-0.05, 0) is 37.3 Å². The Morgan fingerprint density at radius 1 is 1.19 bits per heavy atom. The third-order valence-electron chi connectivity index (χ3n) is 5.68. The summed E-state index contributed by atoms with van der Waals surface area (Å²) in [5.74, 6) is 1.000. The van der Waals surface area contributed by atoms with Crippen LogP contribution in [0.5, 0.6) is 0 Å². The standard InChI is InChI=1S/C20H26F3N3O/c1-13(2)11-15-17(19(15,3)4)18(27)26-9-7-25(8-10-26)16-6-5-14(12-24-16)20(21,22)23/h5-6,11-12,15,17H,7-10H2,1-4H3. The highest BCUT2D eigenvalue weighted by Crippen LogP contribution is 2.60. The average Bonchev–Trinajstić information content (AvgIpc) is 3.13. The molecule has 2 fully saturated rings. The number of hydrogen-bond donors (Lipinski definition) is 0. The van der Waals surface area contributed by atoms with E-state index in [9.17, 15) is 18.0 Å². The minimum atomic E-state index is -4.38. The van der Waals surface area contributed by atoms with Crippen molar-refractivity contribution in [1.82, 2.24) is 9.88 Å². The monoisotopic (exact) mass is 381 g/mol. The van der Waals surface area contributed by atoms with Crippen LogP contribution in [0.4, 0.5) is 19.0 Å². The first-order valence-corrected chi connectivity index (χ1v) is 9.24. The van der Waals surface area contributed by atoms with Crippen molar-refractivity contribution in [2.75, 3.05) is 31.1 Å². The molecule has 2 aliphatic rings. The molecule has 0 N–H and O–H groups in total. The van der Waals surface area contributed by atoms with Gasteiger partial charge in [-0.2, -0.15) is 13.2 Å². The quantitative estimate of drug-likeness (QED) is 0.743. The topological polar surface area (TPSA) is 36.4 Å². The van der Waals surface area contributed by atoms with Crippen molar-refractivity contribution in [2.24, 2.45) is 17.3 Å². The number of piperazine rings is 1. The predicted octanol–water partition coefficient (Wildman–Crippen LogP) is 3.99. The molecule has 1 aliphatic heterocycles. The molecule has 1 saturated carbocycles. The van der Waals surface area contributed by atoms with Gasteiger partial charge < -0.3 is 9.80 Å². The number of pyridine rings is 1. The van der Waals surface area contributed by atoms with Crippen LogP contribution < -0.4 is 4.90 Å². The number of rotatable bonds is 3. The Morgan fingerprint density at radius 3 is 2.30 bits per heavy atom. The molecule has 3 rings (SSSR count). The third-order valence-corrected chi connectivity index (χ3v) is 5.68. The summed E-state index contributed by atoms with van der Waals surface area (Å²) in [7, 11) is 0. The van der Waals surface area contributed by atoms with E-state index in [1.54, 1.807) is 0 Å². The van der Waals surface area contributed by atoms with Gasteiger partial charge in [-0.15, -0.1) is 0 Å². The van der Waals surface area contributed by atoms with Crippen LogP contribution in [-0.2, 0) is 11.0 Å². The maximum absolute atomic E-state index is 12.9. The molecule has 0 spiro atoms. The largest absolute Gasteiger partial charge is 0.417 e. The van der Waals surface area contributed by atoms with Crippen molar-refractivity contribution in [3.05, 3.63) is 35.5 Å². The lowest BCUT2D eigenvalue weighted by molar-refractivity contribution is -0.138. The van der Waals surface area contributed by atoms with Crippen LogP contribution in [0.1, 0.15) is 33.3 Å². The van der Waals surface area contributed by atoms with E-state index in [1.165, 1.54) is 11.6 Å². The van der Waals surface area contributed by atoms with E-state index in [2.05, 4.69) is 24.9 Å². The molecule has 0 radical (unpaired) electrons. The van der Waals surface area contributed by atoms with Gasteiger partial charge in [0.15, 0.2) is 0 Å². The molecule has 1 aromatic rings. The predicted molar refractivity (Wildman–Crippen MR) is 98.2 cm³/mol. The van der Waals surface area contributed by atoms with Gasteiger partial charge in [-0.3, -0.25) is 4.79 Å². The number of alkyl halides is 3. The van der Waals surface area contributed by atoms with Crippen LogP contribution in [-0.4, -0.2) is 42.0 Å². The molecule has 1 aromatic heterocycles.